The number of hydrogen-bond acceptors (Lipinski definition) is 4. The number of benzene rings is 1. The first-order chi connectivity index (χ1) is 18.0. The second-order valence-corrected chi connectivity index (χ2v) is 11.5. The zero-order valence-corrected chi connectivity index (χ0v) is 22.7. The Hall–Kier alpha value is -2.60. The minimum Gasteiger partial charge on any atom is -0.384 e. The Morgan fingerprint density at radius 3 is 2.81 bits per heavy atom. The first kappa shape index (κ1) is 26.0. The van der Waals surface area contributed by atoms with Crippen LogP contribution < -0.4 is 10.6 Å². The Bertz CT molecular complexity index is 1190. The lowest BCUT2D eigenvalue weighted by Gasteiger charge is -2.36. The number of fused-ring (bicyclic) bond motifs is 5. The van der Waals surface area contributed by atoms with Gasteiger partial charge in [-0.15, -0.1) is 0 Å². The standard InChI is InChI=1S/C30H39ClN4O2/c1-20-14-21-16-22(15-20)29-26(17-21)34-25-18-23(31)9-10-24(25)30(29)33-11-7-5-3-2-4-6-8-28(37)35-13-12-32-27(36)19-35/h9-10,14,18,21-22H,2-8,11-13,15-17,19H2,1H3,(H,32,36)(H,33,34). The number of aromatic nitrogens is 1. The third-order valence-electron chi connectivity index (χ3n) is 8.11. The Morgan fingerprint density at radius 1 is 1.16 bits per heavy atom. The number of amides is 2. The molecule has 2 aromatic rings. The number of nitrogens with one attached hydrogen (secondary N) is 2. The topological polar surface area (TPSA) is 74.3 Å². The van der Waals surface area contributed by atoms with Crippen molar-refractivity contribution in [3.05, 3.63) is 46.1 Å². The van der Waals surface area contributed by atoms with Crippen LogP contribution in [0.4, 0.5) is 5.69 Å². The summed E-state index contributed by atoms with van der Waals surface area (Å²) in [6.07, 6.45) is 13.0. The first-order valence-corrected chi connectivity index (χ1v) is 14.4. The summed E-state index contributed by atoms with van der Waals surface area (Å²) in [7, 11) is 0. The fourth-order valence-corrected chi connectivity index (χ4v) is 6.57. The summed E-state index contributed by atoms with van der Waals surface area (Å²) >= 11 is 6.32. The second kappa shape index (κ2) is 11.8. The molecule has 0 saturated carbocycles. The molecule has 0 spiro atoms. The molecule has 2 heterocycles. The largest absolute Gasteiger partial charge is 0.384 e. The van der Waals surface area contributed by atoms with Gasteiger partial charge in [-0.25, -0.2) is 0 Å². The molecule has 6 nitrogen and oxygen atoms in total. The maximum atomic E-state index is 12.3. The number of nitrogens with zero attached hydrogens (tertiary/aromatic N) is 2. The van der Waals surface area contributed by atoms with Gasteiger partial charge in [-0.2, -0.15) is 0 Å². The molecular formula is C30H39ClN4O2. The Labute approximate surface area is 225 Å². The number of allylic oxidation sites excluding steroid dienone is 2. The molecule has 5 rings (SSSR count). The van der Waals surface area contributed by atoms with E-state index >= 15 is 0 Å². The summed E-state index contributed by atoms with van der Waals surface area (Å²) in [4.78, 5) is 30.5. The van der Waals surface area contributed by atoms with E-state index in [9.17, 15) is 9.59 Å². The maximum Gasteiger partial charge on any atom is 0.239 e. The average molecular weight is 523 g/mol. The highest BCUT2D eigenvalue weighted by molar-refractivity contribution is 6.31. The van der Waals surface area contributed by atoms with Crippen LogP contribution in [0.5, 0.6) is 0 Å². The summed E-state index contributed by atoms with van der Waals surface area (Å²) in [5.41, 5.74) is 6.47. The van der Waals surface area contributed by atoms with Crippen LogP contribution >= 0.6 is 11.6 Å². The van der Waals surface area contributed by atoms with E-state index in [1.165, 1.54) is 47.2 Å². The normalized spacial score (nSPS) is 20.9. The lowest BCUT2D eigenvalue weighted by atomic mass is 9.71. The number of piperazine rings is 1. The molecule has 1 aromatic carbocycles. The molecule has 2 atom stereocenters. The van der Waals surface area contributed by atoms with Crippen LogP contribution in [0.25, 0.3) is 10.9 Å². The number of pyridine rings is 1. The molecule has 1 saturated heterocycles. The molecule has 2 N–H and O–H groups in total. The quantitative estimate of drug-likeness (QED) is 0.297. The SMILES string of the molecule is CC1=CC2Cc3nc4cc(Cl)ccc4c(NCCCCCCCCC(=O)N4CCNC(=O)C4)c3C(C1)C2. The highest BCUT2D eigenvalue weighted by atomic mass is 35.5. The molecule has 3 aliphatic rings. The minimum absolute atomic E-state index is 0.0489. The van der Waals surface area contributed by atoms with Gasteiger partial charge < -0.3 is 15.5 Å². The van der Waals surface area contributed by atoms with Crippen LogP contribution in [0.3, 0.4) is 0 Å². The van der Waals surface area contributed by atoms with E-state index < -0.39 is 0 Å². The molecule has 198 valence electrons. The monoisotopic (exact) mass is 522 g/mol. The fourth-order valence-electron chi connectivity index (χ4n) is 6.41. The molecular weight excluding hydrogens is 484 g/mol. The van der Waals surface area contributed by atoms with E-state index in [0.717, 1.165) is 55.6 Å². The van der Waals surface area contributed by atoms with Crippen molar-refractivity contribution in [2.75, 3.05) is 31.5 Å². The molecule has 2 bridgehead atoms. The Morgan fingerprint density at radius 2 is 1.97 bits per heavy atom. The van der Waals surface area contributed by atoms with Gasteiger partial charge in [-0.3, -0.25) is 14.6 Å². The predicted octanol–water partition coefficient (Wildman–Crippen LogP) is 5.99. The van der Waals surface area contributed by atoms with Crippen molar-refractivity contribution in [3.8, 4) is 0 Å². The van der Waals surface area contributed by atoms with Crippen molar-refractivity contribution in [1.82, 2.24) is 15.2 Å². The van der Waals surface area contributed by atoms with E-state index in [0.29, 0.717) is 31.3 Å². The van der Waals surface area contributed by atoms with Gasteiger partial charge in [0.15, 0.2) is 0 Å². The van der Waals surface area contributed by atoms with Crippen LogP contribution in [0, 0.1) is 5.92 Å². The van der Waals surface area contributed by atoms with Crippen LogP contribution in [0.1, 0.15) is 81.9 Å². The van der Waals surface area contributed by atoms with Crippen LogP contribution in [0.15, 0.2) is 29.8 Å². The number of carbonyl (C=O) groups is 2. The minimum atomic E-state index is -0.0489. The smallest absolute Gasteiger partial charge is 0.239 e. The van der Waals surface area contributed by atoms with E-state index in [1.54, 1.807) is 4.90 Å². The molecule has 1 aromatic heterocycles. The zero-order chi connectivity index (χ0) is 25.8. The number of hydrogen-bond donors (Lipinski definition) is 2. The maximum absolute atomic E-state index is 12.3. The second-order valence-electron chi connectivity index (χ2n) is 11.1. The lowest BCUT2D eigenvalue weighted by Crippen LogP contribution is -2.49. The van der Waals surface area contributed by atoms with Gasteiger partial charge in [-0.05, 0) is 69.1 Å². The highest BCUT2D eigenvalue weighted by Gasteiger charge is 2.33. The molecule has 7 heteroatoms. The van der Waals surface area contributed by atoms with Crippen molar-refractivity contribution < 1.29 is 9.59 Å². The van der Waals surface area contributed by atoms with Gasteiger partial charge in [-0.1, -0.05) is 48.9 Å². The van der Waals surface area contributed by atoms with Crippen LogP contribution in [-0.2, 0) is 16.0 Å². The molecule has 2 amide bonds. The van der Waals surface area contributed by atoms with Gasteiger partial charge in [0.05, 0.1) is 12.1 Å². The number of carbonyl (C=O) groups excluding carboxylic acids is 2. The van der Waals surface area contributed by atoms with Gasteiger partial charge in [0, 0.05) is 53.4 Å². The van der Waals surface area contributed by atoms with E-state index in [1.807, 2.05) is 12.1 Å². The lowest BCUT2D eigenvalue weighted by molar-refractivity contribution is -0.138. The van der Waals surface area contributed by atoms with Gasteiger partial charge in [0.2, 0.25) is 11.8 Å². The van der Waals surface area contributed by atoms with Gasteiger partial charge in [0.1, 0.15) is 0 Å². The summed E-state index contributed by atoms with van der Waals surface area (Å²) in [6.45, 7) is 4.65. The summed E-state index contributed by atoms with van der Waals surface area (Å²) in [5, 5.41) is 8.51. The van der Waals surface area contributed by atoms with E-state index in [-0.39, 0.29) is 18.4 Å². The van der Waals surface area contributed by atoms with Gasteiger partial charge in [0.25, 0.3) is 0 Å². The number of unbranched alkanes of at least 4 members (excludes halogenated alkanes) is 5. The first-order valence-electron chi connectivity index (χ1n) is 14.1. The molecule has 1 fully saturated rings. The van der Waals surface area contributed by atoms with Crippen LogP contribution in [-0.4, -0.2) is 47.9 Å². The van der Waals surface area contributed by atoms with E-state index in [2.05, 4.69) is 29.7 Å². The van der Waals surface area contributed by atoms with Crippen molar-refractivity contribution in [2.45, 2.75) is 77.0 Å². The zero-order valence-electron chi connectivity index (χ0n) is 22.0. The van der Waals surface area contributed by atoms with Crippen molar-refractivity contribution in [2.24, 2.45) is 5.92 Å². The fraction of sp³-hybridized carbons (Fsp3) is 0.567. The van der Waals surface area contributed by atoms with Gasteiger partial charge >= 0.3 is 0 Å². The molecule has 2 unspecified atom stereocenters. The highest BCUT2D eigenvalue weighted by Crippen LogP contribution is 2.47. The number of rotatable bonds is 10. The number of halogens is 1. The van der Waals surface area contributed by atoms with E-state index in [4.69, 9.17) is 16.6 Å². The Balaban J connectivity index is 1.10. The average Bonchev–Trinajstić information content (AvgIpc) is 2.86. The molecule has 0 radical (unpaired) electrons. The molecule has 37 heavy (non-hydrogen) atoms. The molecule has 2 aliphatic carbocycles. The summed E-state index contributed by atoms with van der Waals surface area (Å²) in [6, 6.07) is 6.10. The third-order valence-corrected chi connectivity index (χ3v) is 8.35. The summed E-state index contributed by atoms with van der Waals surface area (Å²) in [5.74, 6) is 1.23. The Kier molecular flexibility index (Phi) is 8.33. The van der Waals surface area contributed by atoms with Crippen LogP contribution in [0.2, 0.25) is 5.02 Å². The number of anilines is 1. The molecule has 1 aliphatic heterocycles. The van der Waals surface area contributed by atoms with Crippen molar-refractivity contribution in [1.29, 1.82) is 0 Å². The summed E-state index contributed by atoms with van der Waals surface area (Å²) < 4.78 is 0. The van der Waals surface area contributed by atoms with Crippen molar-refractivity contribution >= 4 is 40.0 Å². The predicted molar refractivity (Wildman–Crippen MR) is 150 cm³/mol. The van der Waals surface area contributed by atoms with Crippen molar-refractivity contribution in [3.63, 3.8) is 0 Å². The third kappa shape index (κ3) is 6.28.